The Morgan fingerprint density at radius 1 is 1.08 bits per heavy atom. The number of aliphatic hydroxyl groups excluding tert-OH is 2. The Morgan fingerprint density at radius 3 is 2.08 bits per heavy atom. The molecule has 1 unspecified atom stereocenters. The Labute approximate surface area is 228 Å². The van der Waals surface area contributed by atoms with E-state index in [0.717, 1.165) is 38.0 Å². The fourth-order valence-corrected chi connectivity index (χ4v) is 4.99. The molecule has 0 spiro atoms. The van der Waals surface area contributed by atoms with Gasteiger partial charge in [0, 0.05) is 6.20 Å². The number of aliphatic hydroxyl groups is 4. The van der Waals surface area contributed by atoms with Crippen LogP contribution in [0.2, 0.25) is 0 Å². The molecule has 1 fully saturated rings. The van der Waals surface area contributed by atoms with Crippen LogP contribution < -0.4 is 11.2 Å². The molecule has 0 amide bonds. The first-order valence-corrected chi connectivity index (χ1v) is 14.1. The van der Waals surface area contributed by atoms with Crippen LogP contribution in [0.1, 0.15) is 102 Å². The number of rotatable bonds is 19. The summed E-state index contributed by atoms with van der Waals surface area (Å²) in [6, 6.07) is 0. The minimum atomic E-state index is -3.32. The molecular weight excluding hydrogens is 513 g/mol. The predicted octanol–water partition coefficient (Wildman–Crippen LogP) is 2.69. The van der Waals surface area contributed by atoms with Crippen molar-refractivity contribution in [2.24, 2.45) is 0 Å². The van der Waals surface area contributed by atoms with Gasteiger partial charge >= 0.3 is 11.6 Å². The largest absolute Gasteiger partial charge is 0.394 e. The molecule has 39 heavy (non-hydrogen) atoms. The van der Waals surface area contributed by atoms with Crippen molar-refractivity contribution in [3.63, 3.8) is 0 Å². The van der Waals surface area contributed by atoms with Crippen LogP contribution in [-0.4, -0.2) is 71.1 Å². The second-order valence-corrected chi connectivity index (χ2v) is 10.3. The molecule has 2 heterocycles. The summed E-state index contributed by atoms with van der Waals surface area (Å²) >= 11 is 0. The van der Waals surface area contributed by atoms with Crippen LogP contribution in [0.4, 0.5) is 4.39 Å². The van der Waals surface area contributed by atoms with Crippen LogP contribution in [0, 0.1) is 0 Å². The molecule has 0 radical (unpaired) electrons. The van der Waals surface area contributed by atoms with E-state index in [1.807, 2.05) is 4.98 Å². The summed E-state index contributed by atoms with van der Waals surface area (Å²) in [4.78, 5) is 26.3. The number of hydroxylamine groups is 2. The number of aromatic amines is 1. The van der Waals surface area contributed by atoms with E-state index in [0.29, 0.717) is 17.4 Å². The highest BCUT2D eigenvalue weighted by atomic mass is 19.1. The van der Waals surface area contributed by atoms with Gasteiger partial charge in [-0.2, -0.15) is 0 Å². The fraction of sp³-hybridized carbons (Fsp3) is 0.778. The molecule has 1 aliphatic heterocycles. The lowest BCUT2D eigenvalue weighted by molar-refractivity contribution is -0.428. The van der Waals surface area contributed by atoms with Crippen molar-refractivity contribution in [3.05, 3.63) is 39.2 Å². The molecule has 0 aliphatic carbocycles. The first kappa shape index (κ1) is 33.3. The highest BCUT2D eigenvalue weighted by molar-refractivity contribution is 5.43. The number of aromatic nitrogens is 2. The molecule has 2 rings (SSSR count). The third-order valence-electron chi connectivity index (χ3n) is 7.42. The third kappa shape index (κ3) is 7.84. The van der Waals surface area contributed by atoms with Crippen molar-refractivity contribution in [1.82, 2.24) is 14.6 Å². The maximum atomic E-state index is 15.1. The molecule has 1 aromatic rings. The van der Waals surface area contributed by atoms with Gasteiger partial charge in [-0.1, -0.05) is 96.6 Å². The number of hydrogen-bond donors (Lipinski definition) is 6. The van der Waals surface area contributed by atoms with Crippen molar-refractivity contribution in [3.8, 4) is 0 Å². The Kier molecular flexibility index (Phi) is 13.4. The Bertz CT molecular complexity index is 1000. The van der Waals surface area contributed by atoms with Crippen LogP contribution >= 0.6 is 0 Å². The van der Waals surface area contributed by atoms with Crippen molar-refractivity contribution in [2.75, 3.05) is 6.61 Å². The topological polar surface area (TPSA) is 168 Å². The SMILES string of the molecule is C=Cc1cn([C@]2(O)O[C@H](CO)[C@@H](O)[C@]2(O)N(O)C(F)CCCCCCCCCCCCCCC)c(=O)[nH]c1=O. The van der Waals surface area contributed by atoms with E-state index in [1.54, 1.807) is 0 Å². The minimum Gasteiger partial charge on any atom is -0.394 e. The lowest BCUT2D eigenvalue weighted by Gasteiger charge is -2.43. The van der Waals surface area contributed by atoms with E-state index < -0.39 is 48.0 Å². The van der Waals surface area contributed by atoms with Crippen LogP contribution in [-0.2, 0) is 10.6 Å². The molecule has 1 aliphatic rings. The number of halogens is 1. The zero-order chi connectivity index (χ0) is 29.1. The van der Waals surface area contributed by atoms with Gasteiger partial charge in [-0.25, -0.2) is 13.8 Å². The van der Waals surface area contributed by atoms with Crippen molar-refractivity contribution in [1.29, 1.82) is 0 Å². The van der Waals surface area contributed by atoms with E-state index in [-0.39, 0.29) is 17.0 Å². The standard InChI is InChI=1S/C27H46FN3O8/c1-3-5-6-7-8-9-10-11-12-13-14-15-16-17-22(28)31(38)26(36)23(33)21(19-32)39-27(26,37)30-18-20(4-2)24(34)29-25(30)35/h4,18,21-23,32-33,36-38H,2-3,5-17,19H2,1H3,(H,29,34,35)/t21-,22?,23-,26-,27-/m1/s1. The van der Waals surface area contributed by atoms with Crippen molar-refractivity contribution < 1.29 is 34.8 Å². The van der Waals surface area contributed by atoms with Gasteiger partial charge in [-0.15, -0.1) is 5.06 Å². The fourth-order valence-electron chi connectivity index (χ4n) is 4.99. The molecule has 0 aromatic carbocycles. The smallest absolute Gasteiger partial charge is 0.332 e. The van der Waals surface area contributed by atoms with Gasteiger partial charge < -0.3 is 30.4 Å². The molecule has 0 bridgehead atoms. The summed E-state index contributed by atoms with van der Waals surface area (Å²) in [6.45, 7) is 4.68. The quantitative estimate of drug-likeness (QED) is 0.0646. The zero-order valence-electron chi connectivity index (χ0n) is 22.9. The van der Waals surface area contributed by atoms with Gasteiger partial charge in [-0.05, 0) is 12.8 Å². The average molecular weight is 560 g/mol. The zero-order valence-corrected chi connectivity index (χ0v) is 22.9. The van der Waals surface area contributed by atoms with Crippen LogP contribution in [0.15, 0.2) is 22.4 Å². The van der Waals surface area contributed by atoms with E-state index in [9.17, 15) is 35.2 Å². The molecule has 1 saturated heterocycles. The molecule has 6 N–H and O–H groups in total. The van der Waals surface area contributed by atoms with Crippen molar-refractivity contribution >= 4 is 6.08 Å². The number of nitrogens with one attached hydrogen (secondary N) is 1. The van der Waals surface area contributed by atoms with E-state index in [4.69, 9.17) is 4.74 Å². The molecule has 1 aromatic heterocycles. The lowest BCUT2D eigenvalue weighted by atomic mass is 9.99. The lowest BCUT2D eigenvalue weighted by Crippen LogP contribution is -2.69. The van der Waals surface area contributed by atoms with Crippen molar-refractivity contribution in [2.45, 2.75) is 127 Å². The molecule has 12 heteroatoms. The highest BCUT2D eigenvalue weighted by Gasteiger charge is 2.71. The summed E-state index contributed by atoms with van der Waals surface area (Å²) in [5.41, 5.74) is -5.68. The minimum absolute atomic E-state index is 0.218. The monoisotopic (exact) mass is 559 g/mol. The van der Waals surface area contributed by atoms with Gasteiger partial charge in [0.15, 0.2) is 6.30 Å². The number of H-pyrrole nitrogens is 1. The number of ether oxygens (including phenoxy) is 1. The van der Waals surface area contributed by atoms with Gasteiger partial charge in [-0.3, -0.25) is 9.78 Å². The Balaban J connectivity index is 1.94. The Morgan fingerprint density at radius 2 is 1.59 bits per heavy atom. The second kappa shape index (κ2) is 15.8. The second-order valence-electron chi connectivity index (χ2n) is 10.3. The first-order chi connectivity index (χ1) is 18.6. The van der Waals surface area contributed by atoms with Gasteiger partial charge in [0.2, 0.25) is 5.72 Å². The highest BCUT2D eigenvalue weighted by Crippen LogP contribution is 2.44. The van der Waals surface area contributed by atoms with E-state index in [1.165, 1.54) is 44.9 Å². The first-order valence-electron chi connectivity index (χ1n) is 14.1. The predicted molar refractivity (Wildman–Crippen MR) is 143 cm³/mol. The molecular formula is C27H46FN3O8. The van der Waals surface area contributed by atoms with Crippen LogP contribution in [0.3, 0.4) is 0 Å². The maximum absolute atomic E-state index is 15.1. The number of hydrogen-bond acceptors (Lipinski definition) is 9. The molecule has 224 valence electrons. The van der Waals surface area contributed by atoms with E-state index >= 15 is 4.39 Å². The van der Waals surface area contributed by atoms with Gasteiger partial charge in [0.25, 0.3) is 5.56 Å². The summed E-state index contributed by atoms with van der Waals surface area (Å²) in [5.74, 6) is -3.28. The summed E-state index contributed by atoms with van der Waals surface area (Å²) in [6.07, 6.45) is 9.44. The summed E-state index contributed by atoms with van der Waals surface area (Å²) < 4.78 is 20.6. The Hall–Kier alpha value is -1.93. The summed E-state index contributed by atoms with van der Waals surface area (Å²) in [7, 11) is 0. The number of unbranched alkanes of at least 4 members (excludes halogenated alkanes) is 12. The van der Waals surface area contributed by atoms with Crippen LogP contribution in [0.25, 0.3) is 6.08 Å². The average Bonchev–Trinajstić information content (AvgIpc) is 3.12. The molecule has 11 nitrogen and oxygen atoms in total. The molecule has 0 saturated carbocycles. The maximum Gasteiger partial charge on any atom is 0.332 e. The summed E-state index contributed by atoms with van der Waals surface area (Å²) in [5, 5.41) is 53.0. The van der Waals surface area contributed by atoms with Gasteiger partial charge in [0.05, 0.1) is 12.2 Å². The van der Waals surface area contributed by atoms with E-state index in [2.05, 4.69) is 13.5 Å². The third-order valence-corrected chi connectivity index (χ3v) is 7.42. The number of nitrogens with zero attached hydrogens (tertiary/aromatic N) is 2. The molecule has 5 atom stereocenters. The van der Waals surface area contributed by atoms with Gasteiger partial charge in [0.1, 0.15) is 12.2 Å². The normalized spacial score (nSPS) is 25.8. The van der Waals surface area contributed by atoms with Crippen LogP contribution in [0.5, 0.6) is 0 Å². The number of alkyl halides is 1.